The number of phenolic OH excluding ortho intramolecular Hbond substituents is 1. The van der Waals surface area contributed by atoms with Crippen molar-refractivity contribution in [1.82, 2.24) is 0 Å². The molecule has 4 N–H and O–H groups in total. The van der Waals surface area contributed by atoms with Crippen LogP contribution in [0.5, 0.6) is 5.75 Å². The summed E-state index contributed by atoms with van der Waals surface area (Å²) in [6, 6.07) is 1.55. The Balaban J connectivity index is 2.52. The molecular weight excluding hydrogens is 352 g/mol. The molecule has 0 saturated heterocycles. The smallest absolute Gasteiger partial charge is 0.342 e. The third-order valence-corrected chi connectivity index (χ3v) is 4.46. The first-order valence-electron chi connectivity index (χ1n) is 8.66. The average molecular weight is 376 g/mol. The van der Waals surface area contributed by atoms with Crippen LogP contribution in [-0.2, 0) is 16.1 Å². The maximum absolute atomic E-state index is 12.6. The quantitative estimate of drug-likeness (QED) is 0.546. The molecule has 0 fully saturated rings. The fraction of sp³-hybridized carbons (Fsp3) is 0.400. The summed E-state index contributed by atoms with van der Waals surface area (Å²) in [5.41, 5.74) is 1.08. The van der Waals surface area contributed by atoms with Gasteiger partial charge < -0.3 is 25.2 Å². The third-order valence-electron chi connectivity index (χ3n) is 4.46. The molecule has 3 atom stereocenters. The molecule has 1 aromatic carbocycles. The van der Waals surface area contributed by atoms with Gasteiger partial charge in [-0.15, -0.1) is 0 Å². The highest BCUT2D eigenvalue weighted by molar-refractivity contribution is 5.97. The van der Waals surface area contributed by atoms with Crippen molar-refractivity contribution < 1.29 is 34.8 Å². The summed E-state index contributed by atoms with van der Waals surface area (Å²) in [7, 11) is 0. The molecule has 2 rings (SSSR count). The van der Waals surface area contributed by atoms with E-state index in [0.717, 1.165) is 6.08 Å². The van der Waals surface area contributed by atoms with Crippen LogP contribution in [0.4, 0.5) is 0 Å². The van der Waals surface area contributed by atoms with Crippen molar-refractivity contribution in [3.05, 3.63) is 46.5 Å². The van der Waals surface area contributed by atoms with E-state index >= 15 is 0 Å². The zero-order chi connectivity index (χ0) is 20.1. The van der Waals surface area contributed by atoms with Crippen LogP contribution in [0, 0.1) is 6.92 Å². The molecule has 0 amide bonds. The molecule has 1 aliphatic heterocycles. The predicted octanol–water partition coefficient (Wildman–Crippen LogP) is 1.39. The van der Waals surface area contributed by atoms with E-state index < -0.39 is 30.1 Å². The van der Waals surface area contributed by atoms with Gasteiger partial charge in [-0.2, -0.15) is 0 Å². The average Bonchev–Trinajstić information content (AvgIpc) is 2.62. The zero-order valence-corrected chi connectivity index (χ0v) is 15.3. The Morgan fingerprint density at radius 3 is 2.48 bits per heavy atom. The molecule has 7 heteroatoms. The monoisotopic (exact) mass is 376 g/mol. The van der Waals surface area contributed by atoms with Gasteiger partial charge in [0.25, 0.3) is 0 Å². The van der Waals surface area contributed by atoms with Crippen LogP contribution >= 0.6 is 0 Å². The summed E-state index contributed by atoms with van der Waals surface area (Å²) in [6.45, 7) is 2.89. The van der Waals surface area contributed by atoms with E-state index in [1.807, 2.05) is 0 Å². The van der Waals surface area contributed by atoms with Gasteiger partial charge in [0.15, 0.2) is 5.78 Å². The van der Waals surface area contributed by atoms with E-state index in [9.17, 15) is 30.0 Å². The third kappa shape index (κ3) is 4.82. The Bertz CT molecular complexity index is 779. The van der Waals surface area contributed by atoms with Gasteiger partial charge in [0.2, 0.25) is 0 Å². The minimum Gasteiger partial charge on any atom is -0.507 e. The van der Waals surface area contributed by atoms with Crippen LogP contribution in [0.15, 0.2) is 24.3 Å². The standard InChI is InChI=1S/C20H24O7/c1-11-5-3-7-15(22)19(25)16(23)8-4-6-13-9-14(10-21)12(2)18(24)17(13)20(26)27-11/h3-4,6-7,9,11,16,19,21,23-25H,5,8,10H2,1-2H3/b6-4?,7-3-/t11-,16-,19+/m0/s1. The Kier molecular flexibility index (Phi) is 6.90. The maximum atomic E-state index is 12.6. The number of esters is 1. The van der Waals surface area contributed by atoms with Gasteiger partial charge in [-0.05, 0) is 49.1 Å². The lowest BCUT2D eigenvalue weighted by molar-refractivity contribution is -0.127. The van der Waals surface area contributed by atoms with Gasteiger partial charge >= 0.3 is 5.97 Å². The minimum absolute atomic E-state index is 0.0417. The van der Waals surface area contributed by atoms with Crippen molar-refractivity contribution in [2.75, 3.05) is 0 Å². The molecule has 0 saturated carbocycles. The van der Waals surface area contributed by atoms with Crippen molar-refractivity contribution in [2.45, 2.75) is 51.6 Å². The van der Waals surface area contributed by atoms with Gasteiger partial charge in [0, 0.05) is 6.42 Å². The topological polar surface area (TPSA) is 124 Å². The number of cyclic esters (lactones) is 1. The predicted molar refractivity (Wildman–Crippen MR) is 98.1 cm³/mol. The second-order valence-corrected chi connectivity index (χ2v) is 6.54. The van der Waals surface area contributed by atoms with E-state index in [0.29, 0.717) is 16.7 Å². The number of benzene rings is 1. The first-order valence-corrected chi connectivity index (χ1v) is 8.66. The van der Waals surface area contributed by atoms with Crippen LogP contribution in [0.3, 0.4) is 0 Å². The summed E-state index contributed by atoms with van der Waals surface area (Å²) in [4.78, 5) is 24.4. The van der Waals surface area contributed by atoms with E-state index in [1.165, 1.54) is 18.2 Å². The molecule has 0 unspecified atom stereocenters. The minimum atomic E-state index is -1.56. The number of rotatable bonds is 1. The van der Waals surface area contributed by atoms with E-state index in [-0.39, 0.29) is 30.8 Å². The van der Waals surface area contributed by atoms with E-state index in [4.69, 9.17) is 4.74 Å². The molecule has 0 spiro atoms. The first-order chi connectivity index (χ1) is 12.8. The molecule has 0 bridgehead atoms. The Morgan fingerprint density at radius 1 is 1.15 bits per heavy atom. The fourth-order valence-electron chi connectivity index (χ4n) is 2.77. The molecule has 1 aromatic rings. The van der Waals surface area contributed by atoms with Crippen LogP contribution in [-0.4, -0.2) is 50.5 Å². The number of hydrogen-bond acceptors (Lipinski definition) is 7. The highest BCUT2D eigenvalue weighted by Gasteiger charge is 2.24. The summed E-state index contributed by atoms with van der Waals surface area (Å²) < 4.78 is 5.34. The molecule has 7 nitrogen and oxygen atoms in total. The van der Waals surface area contributed by atoms with Crippen molar-refractivity contribution in [3.8, 4) is 5.75 Å². The zero-order valence-electron chi connectivity index (χ0n) is 15.3. The number of fused-ring (bicyclic) bond motifs is 1. The highest BCUT2D eigenvalue weighted by Crippen LogP contribution is 2.31. The van der Waals surface area contributed by atoms with Gasteiger partial charge in [-0.3, -0.25) is 4.79 Å². The second kappa shape index (κ2) is 8.94. The molecule has 0 aliphatic carbocycles. The molecule has 1 heterocycles. The lowest BCUT2D eigenvalue weighted by Gasteiger charge is -2.18. The summed E-state index contributed by atoms with van der Waals surface area (Å²) >= 11 is 0. The van der Waals surface area contributed by atoms with Gasteiger partial charge in [-0.1, -0.05) is 18.2 Å². The highest BCUT2D eigenvalue weighted by atomic mass is 16.5. The fourth-order valence-corrected chi connectivity index (χ4v) is 2.77. The number of ketones is 1. The lowest BCUT2D eigenvalue weighted by atomic mass is 9.96. The Morgan fingerprint density at radius 2 is 1.81 bits per heavy atom. The normalized spacial score (nSPS) is 25.4. The largest absolute Gasteiger partial charge is 0.507 e. The molecule has 27 heavy (non-hydrogen) atoms. The van der Waals surface area contributed by atoms with Crippen LogP contribution in [0.2, 0.25) is 0 Å². The van der Waals surface area contributed by atoms with Gasteiger partial charge in [0.05, 0.1) is 12.7 Å². The Hall–Kier alpha value is -2.48. The number of carbonyl (C=O) groups is 2. The van der Waals surface area contributed by atoms with E-state index in [2.05, 4.69) is 0 Å². The number of phenols is 1. The molecule has 1 aliphatic rings. The maximum Gasteiger partial charge on any atom is 0.342 e. The number of carbonyl (C=O) groups excluding carboxylic acids is 2. The van der Waals surface area contributed by atoms with Crippen LogP contribution < -0.4 is 0 Å². The van der Waals surface area contributed by atoms with Crippen molar-refractivity contribution in [1.29, 1.82) is 0 Å². The number of hydrogen-bond donors (Lipinski definition) is 4. The van der Waals surface area contributed by atoms with Crippen molar-refractivity contribution in [3.63, 3.8) is 0 Å². The van der Waals surface area contributed by atoms with Crippen LogP contribution in [0.25, 0.3) is 6.08 Å². The van der Waals surface area contributed by atoms with E-state index in [1.54, 1.807) is 19.9 Å². The van der Waals surface area contributed by atoms with Crippen molar-refractivity contribution in [2.24, 2.45) is 0 Å². The Labute approximate surface area is 157 Å². The van der Waals surface area contributed by atoms with Crippen LogP contribution in [0.1, 0.15) is 46.8 Å². The summed E-state index contributed by atoms with van der Waals surface area (Å²) in [6.07, 6.45) is 2.27. The van der Waals surface area contributed by atoms with Gasteiger partial charge in [0.1, 0.15) is 23.5 Å². The number of aromatic hydroxyl groups is 1. The summed E-state index contributed by atoms with van der Waals surface area (Å²) in [5, 5.41) is 39.8. The first kappa shape index (κ1) is 20.8. The molecule has 0 radical (unpaired) electrons. The van der Waals surface area contributed by atoms with Gasteiger partial charge in [-0.25, -0.2) is 4.79 Å². The SMILES string of the molecule is Cc1c(CO)cc2c(c1O)C(=O)O[C@@H](C)C/C=C\C(=O)[C@@H](O)[C@@H](O)CC=C2. The number of aliphatic hydroxyl groups excluding tert-OH is 3. The second-order valence-electron chi connectivity index (χ2n) is 6.54. The lowest BCUT2D eigenvalue weighted by Crippen LogP contribution is -2.32. The van der Waals surface area contributed by atoms with Crippen molar-refractivity contribution >= 4 is 17.8 Å². The number of aliphatic hydroxyl groups is 3. The molecular formula is C20H24O7. The molecule has 146 valence electrons. The summed E-state index contributed by atoms with van der Waals surface area (Å²) in [5.74, 6) is -1.65. The number of ether oxygens (including phenoxy) is 1. The molecule has 0 aromatic heterocycles.